The van der Waals surface area contributed by atoms with Gasteiger partial charge in [0.1, 0.15) is 5.75 Å². The van der Waals surface area contributed by atoms with Crippen LogP contribution in [0.4, 0.5) is 0 Å². The summed E-state index contributed by atoms with van der Waals surface area (Å²) in [5.41, 5.74) is 8.60. The van der Waals surface area contributed by atoms with Gasteiger partial charge in [-0.25, -0.2) is 0 Å². The van der Waals surface area contributed by atoms with Crippen molar-refractivity contribution in [2.45, 2.75) is 13.5 Å². The molecule has 0 saturated carbocycles. The number of fused-ring (bicyclic) bond motifs is 1. The maximum atomic E-state index is 5.60. The zero-order valence-corrected chi connectivity index (χ0v) is 8.95. The highest BCUT2D eigenvalue weighted by Crippen LogP contribution is 2.25. The van der Waals surface area contributed by atoms with Crippen LogP contribution in [0, 0.1) is 6.92 Å². The molecule has 0 radical (unpaired) electrons. The third-order valence-corrected chi connectivity index (χ3v) is 2.42. The number of aromatic nitrogens is 1. The van der Waals surface area contributed by atoms with E-state index in [1.807, 2.05) is 31.2 Å². The van der Waals surface area contributed by atoms with E-state index in [-0.39, 0.29) is 0 Å². The first-order valence-electron chi connectivity index (χ1n) is 4.89. The summed E-state index contributed by atoms with van der Waals surface area (Å²) >= 11 is 0. The molecule has 0 atom stereocenters. The molecule has 0 bridgehead atoms. The van der Waals surface area contributed by atoms with Gasteiger partial charge in [0.25, 0.3) is 0 Å². The van der Waals surface area contributed by atoms with Crippen LogP contribution in [0.2, 0.25) is 0 Å². The number of aryl methyl sites for hydroxylation is 1. The van der Waals surface area contributed by atoms with E-state index >= 15 is 0 Å². The quantitative estimate of drug-likeness (QED) is 0.810. The standard InChI is InChI=1S/C12H14N2O/c1-8-5-12(15-2)10-6-9(7-13)3-4-11(10)14-8/h3-6H,7,13H2,1-2H3. The summed E-state index contributed by atoms with van der Waals surface area (Å²) in [5, 5.41) is 1.02. The first-order chi connectivity index (χ1) is 7.24. The maximum absolute atomic E-state index is 5.60. The second kappa shape index (κ2) is 3.87. The van der Waals surface area contributed by atoms with Gasteiger partial charge in [-0.3, -0.25) is 4.98 Å². The van der Waals surface area contributed by atoms with Gasteiger partial charge < -0.3 is 10.5 Å². The molecule has 2 aromatic rings. The van der Waals surface area contributed by atoms with E-state index in [9.17, 15) is 0 Å². The molecule has 0 aliphatic heterocycles. The van der Waals surface area contributed by atoms with Crippen LogP contribution in [0.3, 0.4) is 0 Å². The summed E-state index contributed by atoms with van der Waals surface area (Å²) in [6.07, 6.45) is 0. The Labute approximate surface area is 88.9 Å². The van der Waals surface area contributed by atoms with E-state index in [0.717, 1.165) is 27.9 Å². The molecule has 3 nitrogen and oxygen atoms in total. The molecule has 1 aromatic heterocycles. The lowest BCUT2D eigenvalue weighted by Gasteiger charge is -2.07. The molecule has 0 aliphatic carbocycles. The zero-order chi connectivity index (χ0) is 10.8. The maximum Gasteiger partial charge on any atom is 0.130 e. The number of hydrogen-bond acceptors (Lipinski definition) is 3. The predicted molar refractivity (Wildman–Crippen MR) is 60.9 cm³/mol. The van der Waals surface area contributed by atoms with Gasteiger partial charge in [-0.2, -0.15) is 0 Å². The molecule has 0 unspecified atom stereocenters. The van der Waals surface area contributed by atoms with Crippen molar-refractivity contribution in [3.8, 4) is 5.75 Å². The van der Waals surface area contributed by atoms with Crippen molar-refractivity contribution in [1.29, 1.82) is 0 Å². The van der Waals surface area contributed by atoms with Crippen molar-refractivity contribution >= 4 is 10.9 Å². The van der Waals surface area contributed by atoms with Crippen molar-refractivity contribution < 1.29 is 4.74 Å². The lowest BCUT2D eigenvalue weighted by molar-refractivity contribution is 0.419. The molecule has 2 N–H and O–H groups in total. The number of pyridine rings is 1. The molecule has 1 heterocycles. The highest BCUT2D eigenvalue weighted by molar-refractivity contribution is 5.85. The summed E-state index contributed by atoms with van der Waals surface area (Å²) in [6.45, 7) is 2.49. The van der Waals surface area contributed by atoms with Crippen molar-refractivity contribution in [3.05, 3.63) is 35.5 Å². The van der Waals surface area contributed by atoms with Crippen molar-refractivity contribution in [1.82, 2.24) is 4.98 Å². The van der Waals surface area contributed by atoms with Gasteiger partial charge in [-0.15, -0.1) is 0 Å². The van der Waals surface area contributed by atoms with Crippen LogP contribution >= 0.6 is 0 Å². The Kier molecular flexibility index (Phi) is 2.56. The number of hydrogen-bond donors (Lipinski definition) is 1. The number of benzene rings is 1. The fourth-order valence-electron chi connectivity index (χ4n) is 1.66. The van der Waals surface area contributed by atoms with Crippen LogP contribution in [-0.4, -0.2) is 12.1 Å². The van der Waals surface area contributed by atoms with Crippen LogP contribution < -0.4 is 10.5 Å². The fourth-order valence-corrected chi connectivity index (χ4v) is 1.66. The average Bonchev–Trinajstić information content (AvgIpc) is 2.27. The van der Waals surface area contributed by atoms with Crippen LogP contribution in [0.25, 0.3) is 10.9 Å². The first-order valence-corrected chi connectivity index (χ1v) is 4.89. The van der Waals surface area contributed by atoms with E-state index < -0.39 is 0 Å². The monoisotopic (exact) mass is 202 g/mol. The minimum absolute atomic E-state index is 0.535. The summed E-state index contributed by atoms with van der Waals surface area (Å²) in [5.74, 6) is 0.854. The lowest BCUT2D eigenvalue weighted by atomic mass is 10.1. The lowest BCUT2D eigenvalue weighted by Crippen LogP contribution is -1.97. The van der Waals surface area contributed by atoms with Gasteiger partial charge >= 0.3 is 0 Å². The minimum atomic E-state index is 0.535. The van der Waals surface area contributed by atoms with E-state index in [0.29, 0.717) is 6.54 Å². The largest absolute Gasteiger partial charge is 0.496 e. The Morgan fingerprint density at radius 1 is 1.33 bits per heavy atom. The van der Waals surface area contributed by atoms with E-state index in [2.05, 4.69) is 4.98 Å². The molecule has 3 heteroatoms. The van der Waals surface area contributed by atoms with Gasteiger partial charge in [-0.1, -0.05) is 6.07 Å². The van der Waals surface area contributed by atoms with Crippen molar-refractivity contribution in [3.63, 3.8) is 0 Å². The Balaban J connectivity index is 2.73. The molecule has 0 amide bonds. The fraction of sp³-hybridized carbons (Fsp3) is 0.250. The van der Waals surface area contributed by atoms with Crippen LogP contribution in [-0.2, 0) is 6.54 Å². The van der Waals surface area contributed by atoms with E-state index in [4.69, 9.17) is 10.5 Å². The molecule has 78 valence electrons. The Morgan fingerprint density at radius 2 is 2.13 bits per heavy atom. The molecule has 2 rings (SSSR count). The number of nitrogens with zero attached hydrogens (tertiary/aromatic N) is 1. The summed E-state index contributed by atoms with van der Waals surface area (Å²) in [7, 11) is 1.67. The smallest absolute Gasteiger partial charge is 0.130 e. The molecular formula is C12H14N2O. The Bertz CT molecular complexity index is 494. The van der Waals surface area contributed by atoms with Gasteiger partial charge in [0.2, 0.25) is 0 Å². The molecule has 0 fully saturated rings. The summed E-state index contributed by atoms with van der Waals surface area (Å²) in [4.78, 5) is 4.44. The Hall–Kier alpha value is -1.61. The highest BCUT2D eigenvalue weighted by atomic mass is 16.5. The predicted octanol–water partition coefficient (Wildman–Crippen LogP) is 2.01. The molecule has 0 aliphatic rings. The second-order valence-corrected chi connectivity index (χ2v) is 3.52. The van der Waals surface area contributed by atoms with E-state index in [1.165, 1.54) is 0 Å². The SMILES string of the molecule is COc1cc(C)nc2ccc(CN)cc12. The molecule has 0 spiro atoms. The zero-order valence-electron chi connectivity index (χ0n) is 8.95. The topological polar surface area (TPSA) is 48.1 Å². The third kappa shape index (κ3) is 1.78. The van der Waals surface area contributed by atoms with Crippen LogP contribution in [0.1, 0.15) is 11.3 Å². The number of rotatable bonds is 2. The van der Waals surface area contributed by atoms with E-state index in [1.54, 1.807) is 7.11 Å². The van der Waals surface area contributed by atoms with Gasteiger partial charge in [0.05, 0.1) is 12.6 Å². The van der Waals surface area contributed by atoms with Crippen LogP contribution in [0.15, 0.2) is 24.3 Å². The normalized spacial score (nSPS) is 10.6. The summed E-state index contributed by atoms with van der Waals surface area (Å²) < 4.78 is 5.33. The molecular weight excluding hydrogens is 188 g/mol. The number of nitrogens with two attached hydrogens (primary N) is 1. The van der Waals surface area contributed by atoms with Gasteiger partial charge in [-0.05, 0) is 24.6 Å². The van der Waals surface area contributed by atoms with Gasteiger partial charge in [0, 0.05) is 23.7 Å². The number of methoxy groups -OCH3 is 1. The third-order valence-electron chi connectivity index (χ3n) is 2.42. The molecule has 1 aromatic carbocycles. The first kappa shape index (κ1) is 9.93. The van der Waals surface area contributed by atoms with Gasteiger partial charge in [0.15, 0.2) is 0 Å². The molecule has 0 saturated heterocycles. The second-order valence-electron chi connectivity index (χ2n) is 3.52. The highest BCUT2D eigenvalue weighted by Gasteiger charge is 2.04. The van der Waals surface area contributed by atoms with Crippen molar-refractivity contribution in [2.75, 3.05) is 7.11 Å². The number of ether oxygens (including phenoxy) is 1. The average molecular weight is 202 g/mol. The minimum Gasteiger partial charge on any atom is -0.496 e. The molecule has 15 heavy (non-hydrogen) atoms. The Morgan fingerprint density at radius 3 is 2.80 bits per heavy atom. The van der Waals surface area contributed by atoms with Crippen LogP contribution in [0.5, 0.6) is 5.75 Å². The summed E-state index contributed by atoms with van der Waals surface area (Å²) in [6, 6.07) is 7.94. The van der Waals surface area contributed by atoms with Crippen molar-refractivity contribution in [2.24, 2.45) is 5.73 Å².